The average Bonchev–Trinajstić information content (AvgIpc) is 2.37. The number of hydrogen-bond donors (Lipinski definition) is 1. The van der Waals surface area contributed by atoms with E-state index in [-0.39, 0.29) is 18.3 Å². The first-order valence-corrected chi connectivity index (χ1v) is 6.15. The number of benzene rings is 1. The molecule has 1 aliphatic heterocycles. The van der Waals surface area contributed by atoms with Gasteiger partial charge in [-0.1, -0.05) is 12.1 Å². The SMILES string of the molecule is Fc1c(COC2CCNCC2)cccc1C(F)(F)F. The second-order valence-electron chi connectivity index (χ2n) is 4.54. The van der Waals surface area contributed by atoms with Gasteiger partial charge in [-0.2, -0.15) is 13.2 Å². The van der Waals surface area contributed by atoms with Crippen LogP contribution in [0.5, 0.6) is 0 Å². The molecule has 0 atom stereocenters. The van der Waals surface area contributed by atoms with E-state index in [2.05, 4.69) is 5.32 Å². The fraction of sp³-hybridized carbons (Fsp3) is 0.538. The third-order valence-corrected chi connectivity index (χ3v) is 3.14. The molecule has 2 nitrogen and oxygen atoms in total. The number of alkyl halides is 3. The highest BCUT2D eigenvalue weighted by Gasteiger charge is 2.34. The van der Waals surface area contributed by atoms with Gasteiger partial charge in [0.25, 0.3) is 0 Å². The van der Waals surface area contributed by atoms with E-state index in [0.717, 1.165) is 32.0 Å². The Hall–Kier alpha value is -1.14. The van der Waals surface area contributed by atoms with E-state index in [1.807, 2.05) is 0 Å². The van der Waals surface area contributed by atoms with Gasteiger partial charge in [-0.05, 0) is 32.0 Å². The number of nitrogens with one attached hydrogen (secondary N) is 1. The predicted octanol–water partition coefficient (Wildman–Crippen LogP) is 3.11. The van der Waals surface area contributed by atoms with E-state index in [9.17, 15) is 17.6 Å². The van der Waals surface area contributed by atoms with Gasteiger partial charge >= 0.3 is 6.18 Å². The normalized spacial score (nSPS) is 17.7. The Kier molecular flexibility index (Phi) is 4.42. The van der Waals surface area contributed by atoms with Crippen molar-refractivity contribution < 1.29 is 22.3 Å². The molecule has 0 unspecified atom stereocenters. The van der Waals surface area contributed by atoms with Crippen molar-refractivity contribution in [2.75, 3.05) is 13.1 Å². The summed E-state index contributed by atoms with van der Waals surface area (Å²) < 4.78 is 56.8. The largest absolute Gasteiger partial charge is 0.419 e. The summed E-state index contributed by atoms with van der Waals surface area (Å²) in [6.45, 7) is 1.51. The smallest absolute Gasteiger partial charge is 0.373 e. The van der Waals surface area contributed by atoms with Crippen LogP contribution in [0.2, 0.25) is 0 Å². The number of piperidine rings is 1. The second-order valence-corrected chi connectivity index (χ2v) is 4.54. The number of rotatable bonds is 3. The van der Waals surface area contributed by atoms with Gasteiger partial charge in [0.1, 0.15) is 5.82 Å². The molecule has 1 saturated heterocycles. The fourth-order valence-electron chi connectivity index (χ4n) is 2.08. The van der Waals surface area contributed by atoms with Crippen LogP contribution >= 0.6 is 0 Å². The van der Waals surface area contributed by atoms with Gasteiger partial charge in [-0.15, -0.1) is 0 Å². The van der Waals surface area contributed by atoms with E-state index < -0.39 is 17.6 Å². The van der Waals surface area contributed by atoms with Crippen LogP contribution in [0, 0.1) is 5.82 Å². The first kappa shape index (κ1) is 14.3. The van der Waals surface area contributed by atoms with Crippen molar-refractivity contribution in [1.82, 2.24) is 5.32 Å². The average molecular weight is 277 g/mol. The van der Waals surface area contributed by atoms with E-state index >= 15 is 0 Å². The highest BCUT2D eigenvalue weighted by Crippen LogP contribution is 2.32. The van der Waals surface area contributed by atoms with Crippen LogP contribution in [-0.2, 0) is 17.5 Å². The minimum Gasteiger partial charge on any atom is -0.373 e. The Bertz CT molecular complexity index is 427. The molecule has 0 spiro atoms. The van der Waals surface area contributed by atoms with Crippen LogP contribution in [0.3, 0.4) is 0 Å². The minimum absolute atomic E-state index is 0.0183. The molecular weight excluding hydrogens is 262 g/mol. The Morgan fingerprint density at radius 3 is 2.53 bits per heavy atom. The lowest BCUT2D eigenvalue weighted by atomic mass is 10.1. The van der Waals surface area contributed by atoms with E-state index in [1.165, 1.54) is 12.1 Å². The highest BCUT2D eigenvalue weighted by molar-refractivity contribution is 5.27. The van der Waals surface area contributed by atoms with Crippen molar-refractivity contribution >= 4 is 0 Å². The predicted molar refractivity (Wildman–Crippen MR) is 62.1 cm³/mol. The van der Waals surface area contributed by atoms with Crippen molar-refractivity contribution in [2.24, 2.45) is 0 Å². The molecule has 1 fully saturated rings. The number of hydrogen-bond acceptors (Lipinski definition) is 2. The van der Waals surface area contributed by atoms with Crippen molar-refractivity contribution in [1.29, 1.82) is 0 Å². The summed E-state index contributed by atoms with van der Waals surface area (Å²) in [5.74, 6) is -1.23. The van der Waals surface area contributed by atoms with Gasteiger partial charge in [-0.3, -0.25) is 0 Å². The van der Waals surface area contributed by atoms with E-state index in [0.29, 0.717) is 0 Å². The standard InChI is InChI=1S/C13H15F4NO/c14-12-9(2-1-3-11(12)13(15,16)17)8-19-10-4-6-18-7-5-10/h1-3,10,18H,4-8H2. The summed E-state index contributed by atoms with van der Waals surface area (Å²) in [7, 11) is 0. The minimum atomic E-state index is -4.67. The monoisotopic (exact) mass is 277 g/mol. The van der Waals surface area contributed by atoms with Crippen molar-refractivity contribution in [2.45, 2.75) is 31.7 Å². The maximum atomic E-state index is 13.7. The van der Waals surface area contributed by atoms with Gasteiger partial charge < -0.3 is 10.1 Å². The molecule has 0 radical (unpaired) electrons. The topological polar surface area (TPSA) is 21.3 Å². The Morgan fingerprint density at radius 1 is 1.21 bits per heavy atom. The molecule has 1 aromatic rings. The van der Waals surface area contributed by atoms with Crippen LogP contribution in [0.15, 0.2) is 18.2 Å². The molecule has 0 aromatic heterocycles. The molecule has 0 bridgehead atoms. The molecule has 1 heterocycles. The van der Waals surface area contributed by atoms with Gasteiger partial charge in [0.05, 0.1) is 18.3 Å². The third-order valence-electron chi connectivity index (χ3n) is 3.14. The van der Waals surface area contributed by atoms with Gasteiger partial charge in [0.2, 0.25) is 0 Å². The lowest BCUT2D eigenvalue weighted by Gasteiger charge is -2.23. The zero-order valence-corrected chi connectivity index (χ0v) is 10.3. The number of halogens is 4. The maximum absolute atomic E-state index is 13.7. The van der Waals surface area contributed by atoms with Crippen LogP contribution in [-0.4, -0.2) is 19.2 Å². The third kappa shape index (κ3) is 3.67. The highest BCUT2D eigenvalue weighted by atomic mass is 19.4. The van der Waals surface area contributed by atoms with Gasteiger partial charge in [-0.25, -0.2) is 4.39 Å². The number of ether oxygens (including phenoxy) is 1. The Morgan fingerprint density at radius 2 is 1.89 bits per heavy atom. The summed E-state index contributed by atoms with van der Waals surface area (Å²) in [5.41, 5.74) is -1.28. The molecule has 1 N–H and O–H groups in total. The Labute approximate surface area is 108 Å². The molecule has 1 aromatic carbocycles. The van der Waals surface area contributed by atoms with Crippen LogP contribution in [0.25, 0.3) is 0 Å². The summed E-state index contributed by atoms with van der Waals surface area (Å²) >= 11 is 0. The maximum Gasteiger partial charge on any atom is 0.419 e. The van der Waals surface area contributed by atoms with Crippen LogP contribution < -0.4 is 5.32 Å². The molecule has 0 amide bonds. The molecular formula is C13H15F4NO. The molecule has 106 valence electrons. The zero-order chi connectivity index (χ0) is 13.9. The van der Waals surface area contributed by atoms with E-state index in [4.69, 9.17) is 4.74 Å². The van der Waals surface area contributed by atoms with E-state index in [1.54, 1.807) is 0 Å². The lowest BCUT2D eigenvalue weighted by Crippen LogP contribution is -2.32. The van der Waals surface area contributed by atoms with Gasteiger partial charge in [0.15, 0.2) is 0 Å². The van der Waals surface area contributed by atoms with Gasteiger partial charge in [0, 0.05) is 5.56 Å². The summed E-state index contributed by atoms with van der Waals surface area (Å²) in [5, 5.41) is 3.15. The molecule has 6 heteroatoms. The summed E-state index contributed by atoms with van der Waals surface area (Å²) in [6, 6.07) is 3.27. The van der Waals surface area contributed by atoms with Crippen LogP contribution in [0.4, 0.5) is 17.6 Å². The molecule has 2 rings (SSSR count). The zero-order valence-electron chi connectivity index (χ0n) is 10.3. The first-order valence-electron chi connectivity index (χ1n) is 6.15. The summed E-state index contributed by atoms with van der Waals surface area (Å²) in [4.78, 5) is 0. The molecule has 1 aliphatic rings. The first-order chi connectivity index (χ1) is 8.98. The Balaban J connectivity index is 2.04. The molecule has 19 heavy (non-hydrogen) atoms. The fourth-order valence-corrected chi connectivity index (χ4v) is 2.08. The summed E-state index contributed by atoms with van der Waals surface area (Å²) in [6.07, 6.45) is -3.11. The van der Waals surface area contributed by atoms with Crippen molar-refractivity contribution in [3.05, 3.63) is 35.1 Å². The quantitative estimate of drug-likeness (QED) is 0.857. The molecule has 0 saturated carbocycles. The lowest BCUT2D eigenvalue weighted by molar-refractivity contribution is -0.140. The molecule has 0 aliphatic carbocycles. The van der Waals surface area contributed by atoms with Crippen molar-refractivity contribution in [3.8, 4) is 0 Å². The van der Waals surface area contributed by atoms with Crippen molar-refractivity contribution in [3.63, 3.8) is 0 Å². The second kappa shape index (κ2) is 5.88. The van der Waals surface area contributed by atoms with Crippen LogP contribution in [0.1, 0.15) is 24.0 Å².